The van der Waals surface area contributed by atoms with Crippen LogP contribution in [-0.2, 0) is 4.79 Å². The lowest BCUT2D eigenvalue weighted by atomic mass is 10.0. The van der Waals surface area contributed by atoms with Gasteiger partial charge in [-0.05, 0) is 33.1 Å². The van der Waals surface area contributed by atoms with Gasteiger partial charge in [-0.3, -0.25) is 9.28 Å². The highest BCUT2D eigenvalue weighted by molar-refractivity contribution is 5.77. The second kappa shape index (κ2) is 19.3. The first-order chi connectivity index (χ1) is 15.6. The Hall–Kier alpha value is -1.16. The highest BCUT2D eigenvalue weighted by Gasteiger charge is 2.35. The number of nitrogens with one attached hydrogen (secondary N) is 1. The van der Waals surface area contributed by atoms with E-state index in [1.807, 2.05) is 0 Å². The molecule has 0 saturated carbocycles. The average Bonchev–Trinajstić information content (AvgIpc) is 3.18. The first kappa shape index (κ1) is 28.9. The van der Waals surface area contributed by atoms with Crippen LogP contribution >= 0.6 is 0 Å². The van der Waals surface area contributed by atoms with E-state index in [0.29, 0.717) is 0 Å². The van der Waals surface area contributed by atoms with E-state index in [9.17, 15) is 4.79 Å². The number of carbonyl (C=O) groups excluding carboxylic acids is 1. The van der Waals surface area contributed by atoms with Crippen LogP contribution in [0, 0.1) is 0 Å². The Labute approximate surface area is 199 Å². The molecule has 0 spiro atoms. The predicted octanol–water partition coefficient (Wildman–Crippen LogP) is 7.19. The molecule has 4 heteroatoms. The van der Waals surface area contributed by atoms with Crippen LogP contribution in [0.25, 0.3) is 0 Å². The zero-order valence-electron chi connectivity index (χ0n) is 21.8. The third kappa shape index (κ3) is 13.4. The van der Waals surface area contributed by atoms with Gasteiger partial charge in [-0.15, -0.1) is 0 Å². The molecule has 186 valence electrons. The molecule has 0 aliphatic carbocycles. The first-order valence-corrected chi connectivity index (χ1v) is 13.9. The number of nitrogens with zero attached hydrogens (tertiary/aromatic N) is 2. The Kier molecular flexibility index (Phi) is 17.4. The Morgan fingerprint density at radius 3 is 1.94 bits per heavy atom. The maximum Gasteiger partial charge on any atom is 0.217 e. The van der Waals surface area contributed by atoms with E-state index in [4.69, 9.17) is 4.99 Å². The normalized spacial score (nSPS) is 18.4. The summed E-state index contributed by atoms with van der Waals surface area (Å²) in [5, 5.41) is 2.97. The lowest BCUT2D eigenvalue weighted by Crippen LogP contribution is -2.54. The van der Waals surface area contributed by atoms with Gasteiger partial charge in [0.05, 0.1) is 19.6 Å². The summed E-state index contributed by atoms with van der Waals surface area (Å²) in [5.74, 6) is 1.46. The number of amides is 1. The number of aliphatic imine (C=N–C) groups is 1. The lowest BCUT2D eigenvalue weighted by Gasteiger charge is -2.33. The third-order valence-corrected chi connectivity index (χ3v) is 7.15. The van der Waals surface area contributed by atoms with Crippen molar-refractivity contribution >= 4 is 11.7 Å². The minimum atomic E-state index is 0.0724. The van der Waals surface area contributed by atoms with Gasteiger partial charge in [0.2, 0.25) is 5.91 Å². The fourth-order valence-electron chi connectivity index (χ4n) is 4.98. The quantitative estimate of drug-likeness (QED) is 0.113. The van der Waals surface area contributed by atoms with Crippen LogP contribution in [0.15, 0.2) is 17.1 Å². The van der Waals surface area contributed by atoms with Crippen LogP contribution in [0.3, 0.4) is 0 Å². The van der Waals surface area contributed by atoms with Crippen molar-refractivity contribution in [3.8, 4) is 0 Å². The molecular formula is C28H54N3O+. The molecule has 1 N–H and O–H groups in total. The van der Waals surface area contributed by atoms with Crippen molar-refractivity contribution in [3.63, 3.8) is 0 Å². The van der Waals surface area contributed by atoms with Crippen molar-refractivity contribution in [1.29, 1.82) is 0 Å². The summed E-state index contributed by atoms with van der Waals surface area (Å²) in [6.45, 7) is 10.9. The molecule has 0 fully saturated rings. The number of allylic oxidation sites excluding steroid dienone is 2. The molecular weight excluding hydrogens is 394 g/mol. The van der Waals surface area contributed by atoms with Gasteiger partial charge in [-0.25, -0.2) is 4.99 Å². The molecule has 32 heavy (non-hydrogen) atoms. The topological polar surface area (TPSA) is 41.5 Å². The van der Waals surface area contributed by atoms with E-state index >= 15 is 0 Å². The minimum Gasteiger partial charge on any atom is -0.351 e. The van der Waals surface area contributed by atoms with Crippen molar-refractivity contribution in [2.75, 3.05) is 32.7 Å². The monoisotopic (exact) mass is 448 g/mol. The van der Waals surface area contributed by atoms with E-state index in [1.165, 1.54) is 102 Å². The molecule has 0 saturated heterocycles. The maximum atomic E-state index is 11.2. The number of carbonyl (C=O) groups is 1. The Bertz CT molecular complexity index is 529. The Balaban J connectivity index is 1.93. The summed E-state index contributed by atoms with van der Waals surface area (Å²) in [6.07, 6.45) is 26.5. The van der Waals surface area contributed by atoms with Gasteiger partial charge < -0.3 is 5.32 Å². The van der Waals surface area contributed by atoms with Crippen molar-refractivity contribution in [2.45, 2.75) is 124 Å². The van der Waals surface area contributed by atoms with E-state index in [2.05, 4.69) is 31.3 Å². The summed E-state index contributed by atoms with van der Waals surface area (Å²) in [5.41, 5.74) is 0. The SMILES string of the molecule is C/C=C/CCCCCCCCCCCCCCCCC1=NCC[N+]1(CC)CCNC(C)=O. The van der Waals surface area contributed by atoms with Gasteiger partial charge in [0.25, 0.3) is 0 Å². The van der Waals surface area contributed by atoms with E-state index in [-0.39, 0.29) is 5.91 Å². The zero-order valence-corrected chi connectivity index (χ0v) is 21.8. The number of likely N-dealkylation sites (N-methyl/N-ethyl adjacent to an activating group) is 1. The summed E-state index contributed by atoms with van der Waals surface area (Å²) in [7, 11) is 0. The predicted molar refractivity (Wildman–Crippen MR) is 140 cm³/mol. The van der Waals surface area contributed by atoms with Crippen LogP contribution in [0.1, 0.15) is 124 Å². The van der Waals surface area contributed by atoms with Crippen molar-refractivity contribution in [2.24, 2.45) is 4.99 Å². The molecule has 0 aromatic heterocycles. The lowest BCUT2D eigenvalue weighted by molar-refractivity contribution is -0.833. The molecule has 1 unspecified atom stereocenters. The van der Waals surface area contributed by atoms with Crippen LogP contribution in [0.4, 0.5) is 0 Å². The van der Waals surface area contributed by atoms with Gasteiger partial charge in [0.15, 0.2) is 5.84 Å². The molecule has 0 aromatic carbocycles. The zero-order chi connectivity index (χ0) is 23.3. The second-order valence-electron chi connectivity index (χ2n) is 9.75. The van der Waals surface area contributed by atoms with Crippen molar-refractivity contribution in [3.05, 3.63) is 12.2 Å². The highest BCUT2D eigenvalue weighted by Crippen LogP contribution is 2.20. The third-order valence-electron chi connectivity index (χ3n) is 7.15. The minimum absolute atomic E-state index is 0.0724. The van der Waals surface area contributed by atoms with Gasteiger partial charge in [0, 0.05) is 13.3 Å². The molecule has 1 aliphatic rings. The van der Waals surface area contributed by atoms with Crippen LogP contribution in [0.5, 0.6) is 0 Å². The molecule has 4 nitrogen and oxygen atoms in total. The molecule has 0 radical (unpaired) electrons. The Morgan fingerprint density at radius 2 is 1.44 bits per heavy atom. The van der Waals surface area contributed by atoms with Gasteiger partial charge >= 0.3 is 0 Å². The summed E-state index contributed by atoms with van der Waals surface area (Å²) in [6, 6.07) is 0. The molecule has 0 aromatic rings. The van der Waals surface area contributed by atoms with Crippen LogP contribution in [-0.4, -0.2) is 48.9 Å². The molecule has 1 rings (SSSR count). The Morgan fingerprint density at radius 1 is 0.906 bits per heavy atom. The van der Waals surface area contributed by atoms with Gasteiger partial charge in [0.1, 0.15) is 13.1 Å². The number of hydrogen-bond donors (Lipinski definition) is 1. The maximum absolute atomic E-state index is 11.2. The molecule has 1 aliphatic heterocycles. The number of unbranched alkanes of at least 4 members (excludes halogenated alkanes) is 14. The van der Waals surface area contributed by atoms with Crippen LogP contribution in [0.2, 0.25) is 0 Å². The summed E-state index contributed by atoms with van der Waals surface area (Å²) in [4.78, 5) is 16.0. The smallest absolute Gasteiger partial charge is 0.217 e. The molecule has 0 bridgehead atoms. The largest absolute Gasteiger partial charge is 0.351 e. The van der Waals surface area contributed by atoms with Crippen molar-refractivity contribution < 1.29 is 9.28 Å². The number of hydrogen-bond acceptors (Lipinski definition) is 2. The van der Waals surface area contributed by atoms with E-state index < -0.39 is 0 Å². The second-order valence-corrected chi connectivity index (χ2v) is 9.75. The first-order valence-electron chi connectivity index (χ1n) is 13.9. The number of quaternary nitrogens is 1. The van der Waals surface area contributed by atoms with E-state index in [0.717, 1.165) is 43.6 Å². The molecule has 1 heterocycles. The van der Waals surface area contributed by atoms with Gasteiger partial charge in [-0.1, -0.05) is 89.2 Å². The fourth-order valence-corrected chi connectivity index (χ4v) is 4.98. The number of rotatable bonds is 21. The summed E-state index contributed by atoms with van der Waals surface area (Å²) < 4.78 is 0.997. The molecule has 1 amide bonds. The number of amidine groups is 1. The highest BCUT2D eigenvalue weighted by atomic mass is 16.1. The summed E-state index contributed by atoms with van der Waals surface area (Å²) >= 11 is 0. The van der Waals surface area contributed by atoms with E-state index in [1.54, 1.807) is 6.92 Å². The van der Waals surface area contributed by atoms with Crippen LogP contribution < -0.4 is 5.32 Å². The van der Waals surface area contributed by atoms with Gasteiger partial charge in [-0.2, -0.15) is 0 Å². The standard InChI is InChI=1S/C28H53N3O/c1-4-6-7-8-9-10-11-12-13-14-15-16-17-18-19-20-21-22-28-30-24-26-31(28,5-2)25-23-29-27(3)32/h4,6H,5,7-26H2,1-3H3/p+1/b6-4+. The molecule has 1 atom stereocenters. The van der Waals surface area contributed by atoms with Crippen molar-refractivity contribution in [1.82, 2.24) is 5.32 Å². The average molecular weight is 449 g/mol. The fraction of sp³-hybridized carbons (Fsp3) is 0.857.